The van der Waals surface area contributed by atoms with E-state index in [2.05, 4.69) is 0 Å². The maximum atomic E-state index is 10.1. The predicted octanol–water partition coefficient (Wildman–Crippen LogP) is -5.12. The van der Waals surface area contributed by atoms with Crippen molar-refractivity contribution in [3.8, 4) is 0 Å². The molecule has 10 atom stereocenters. The summed E-state index contributed by atoms with van der Waals surface area (Å²) in [6.07, 6.45) is -7.73. The van der Waals surface area contributed by atoms with E-state index in [1.165, 1.54) is 0 Å². The molecule has 130 valence electrons. The van der Waals surface area contributed by atoms with E-state index in [1.807, 2.05) is 0 Å². The maximum absolute atomic E-state index is 10.1. The van der Waals surface area contributed by atoms with Gasteiger partial charge in [-0.05, 0) is 6.42 Å². The average molecular weight is 322 g/mol. The third-order valence-corrected chi connectivity index (χ3v) is 4.36. The largest absolute Gasteiger partial charge is 0.389 e. The zero-order chi connectivity index (χ0) is 16.6. The molecule has 1 saturated heterocycles. The molecule has 10 heteroatoms. The molecule has 0 unspecified atom stereocenters. The number of rotatable bonds is 3. The monoisotopic (exact) mass is 322 g/mol. The van der Waals surface area contributed by atoms with Crippen LogP contribution in [-0.4, -0.2) is 88.0 Å². The molecule has 0 spiro atoms. The number of ether oxygens (including phenoxy) is 2. The van der Waals surface area contributed by atoms with Crippen LogP contribution in [-0.2, 0) is 9.47 Å². The summed E-state index contributed by atoms with van der Waals surface area (Å²) >= 11 is 0. The molecule has 1 saturated carbocycles. The molecule has 0 radical (unpaired) electrons. The summed E-state index contributed by atoms with van der Waals surface area (Å²) in [5.74, 6) is 0. The molecule has 0 amide bonds. The van der Waals surface area contributed by atoms with Gasteiger partial charge in [0.1, 0.15) is 30.5 Å². The first-order valence-corrected chi connectivity index (χ1v) is 7.28. The Labute approximate surface area is 128 Å². The lowest BCUT2D eigenvalue weighted by Crippen LogP contribution is -2.67. The van der Waals surface area contributed by atoms with Gasteiger partial charge in [0.05, 0.1) is 12.1 Å². The third kappa shape index (κ3) is 3.26. The maximum Gasteiger partial charge on any atom is 0.176 e. The van der Waals surface area contributed by atoms with Crippen LogP contribution in [0, 0.1) is 0 Å². The molecule has 22 heavy (non-hydrogen) atoms. The fourth-order valence-electron chi connectivity index (χ4n) is 2.89. The van der Waals surface area contributed by atoms with E-state index < -0.39 is 61.0 Å². The molecule has 2 rings (SSSR count). The molecule has 0 aromatic rings. The Bertz CT molecular complexity index is 376. The van der Waals surface area contributed by atoms with E-state index in [0.29, 0.717) is 0 Å². The van der Waals surface area contributed by atoms with Crippen LogP contribution < -0.4 is 22.9 Å². The Hall–Kier alpha value is -0.400. The molecule has 12 N–H and O–H groups in total. The van der Waals surface area contributed by atoms with Crippen molar-refractivity contribution in [2.75, 3.05) is 6.54 Å². The van der Waals surface area contributed by atoms with E-state index in [1.54, 1.807) is 0 Å². The van der Waals surface area contributed by atoms with Gasteiger partial charge in [-0.3, -0.25) is 0 Å². The van der Waals surface area contributed by atoms with Crippen LogP contribution in [0.2, 0.25) is 0 Å². The molecular formula is C12H26N4O6. The Morgan fingerprint density at radius 3 is 2.14 bits per heavy atom. The van der Waals surface area contributed by atoms with Crippen molar-refractivity contribution >= 4 is 0 Å². The van der Waals surface area contributed by atoms with E-state index >= 15 is 0 Å². The summed E-state index contributed by atoms with van der Waals surface area (Å²) in [5.41, 5.74) is 22.8. The van der Waals surface area contributed by atoms with Crippen molar-refractivity contribution < 1.29 is 29.9 Å². The number of nitrogens with two attached hydrogens (primary N) is 4. The van der Waals surface area contributed by atoms with Crippen LogP contribution in [0.5, 0.6) is 0 Å². The Morgan fingerprint density at radius 1 is 0.909 bits per heavy atom. The van der Waals surface area contributed by atoms with Crippen LogP contribution in [0.4, 0.5) is 0 Å². The quantitative estimate of drug-likeness (QED) is 0.248. The first-order chi connectivity index (χ1) is 10.3. The van der Waals surface area contributed by atoms with Crippen molar-refractivity contribution in [2.45, 2.75) is 67.5 Å². The van der Waals surface area contributed by atoms with Crippen LogP contribution >= 0.6 is 0 Å². The minimum Gasteiger partial charge on any atom is -0.389 e. The number of hydrogen-bond donors (Lipinski definition) is 8. The second-order valence-electron chi connectivity index (χ2n) is 5.98. The molecule has 0 bridgehead atoms. The molecule has 0 aromatic heterocycles. The predicted molar refractivity (Wildman–Crippen MR) is 75.2 cm³/mol. The Morgan fingerprint density at radius 2 is 1.55 bits per heavy atom. The highest BCUT2D eigenvalue weighted by molar-refractivity contribution is 4.99. The van der Waals surface area contributed by atoms with E-state index in [4.69, 9.17) is 32.4 Å². The minimum atomic E-state index is -1.31. The van der Waals surface area contributed by atoms with Crippen molar-refractivity contribution in [1.29, 1.82) is 0 Å². The molecule has 0 aromatic carbocycles. The molecule has 2 aliphatic rings. The molecule has 1 aliphatic heterocycles. The average Bonchev–Trinajstić information content (AvgIpc) is 2.49. The highest BCUT2D eigenvalue weighted by atomic mass is 16.7. The fraction of sp³-hybridized carbons (Fsp3) is 1.00. The normalized spacial score (nSPS) is 53.5. The lowest BCUT2D eigenvalue weighted by molar-refractivity contribution is -0.287. The van der Waals surface area contributed by atoms with E-state index in [0.717, 1.165) is 0 Å². The van der Waals surface area contributed by atoms with Gasteiger partial charge < -0.3 is 52.8 Å². The molecule has 1 heterocycles. The summed E-state index contributed by atoms with van der Waals surface area (Å²) in [4.78, 5) is 0. The van der Waals surface area contributed by atoms with Crippen molar-refractivity contribution in [2.24, 2.45) is 22.9 Å². The standard InChI is InChI=1S/C12H26N4O6/c13-2-5-8(18)9(19)6(16)12(21-5)22-11-4(15)1-3(14)7(17)10(11)20/h3-12,17-20H,1-2,13-16H2/t3-,4-,5+,6-,7-,8-,9+,10+,11-,12-/m1/s1. The van der Waals surface area contributed by atoms with Gasteiger partial charge in [0.15, 0.2) is 6.29 Å². The van der Waals surface area contributed by atoms with Gasteiger partial charge in [-0.15, -0.1) is 0 Å². The van der Waals surface area contributed by atoms with E-state index in [-0.39, 0.29) is 13.0 Å². The van der Waals surface area contributed by atoms with Gasteiger partial charge in [-0.1, -0.05) is 0 Å². The van der Waals surface area contributed by atoms with Gasteiger partial charge in [-0.25, -0.2) is 0 Å². The van der Waals surface area contributed by atoms with Gasteiger partial charge >= 0.3 is 0 Å². The van der Waals surface area contributed by atoms with Crippen LogP contribution in [0.3, 0.4) is 0 Å². The topological polar surface area (TPSA) is 203 Å². The SMILES string of the molecule is NC[C@@H]1O[C@H](O[C@H]2[C@@H](O)[C@H](O)[C@H](N)C[C@H]2N)[C@H](N)[C@H](O)[C@@H]1O. The molecule has 2 fully saturated rings. The van der Waals surface area contributed by atoms with Crippen LogP contribution in [0.15, 0.2) is 0 Å². The molecule has 10 nitrogen and oxygen atoms in total. The smallest absolute Gasteiger partial charge is 0.176 e. The summed E-state index contributed by atoms with van der Waals surface area (Å²) < 4.78 is 11.0. The van der Waals surface area contributed by atoms with Crippen molar-refractivity contribution in [3.05, 3.63) is 0 Å². The highest BCUT2D eigenvalue weighted by Crippen LogP contribution is 2.26. The fourth-order valence-corrected chi connectivity index (χ4v) is 2.89. The zero-order valence-electron chi connectivity index (χ0n) is 12.1. The van der Waals surface area contributed by atoms with Crippen molar-refractivity contribution in [3.63, 3.8) is 0 Å². The van der Waals surface area contributed by atoms with Crippen molar-refractivity contribution in [1.82, 2.24) is 0 Å². The molecule has 1 aliphatic carbocycles. The Kier molecular flexibility index (Phi) is 5.72. The minimum absolute atomic E-state index is 0.0441. The first-order valence-electron chi connectivity index (χ1n) is 7.28. The Balaban J connectivity index is 2.08. The first kappa shape index (κ1) is 17.9. The number of hydrogen-bond acceptors (Lipinski definition) is 10. The van der Waals surface area contributed by atoms with Gasteiger partial charge in [0.25, 0.3) is 0 Å². The molecular weight excluding hydrogens is 296 g/mol. The highest BCUT2D eigenvalue weighted by Gasteiger charge is 2.47. The van der Waals surface area contributed by atoms with E-state index in [9.17, 15) is 20.4 Å². The van der Waals surface area contributed by atoms with Crippen LogP contribution in [0.25, 0.3) is 0 Å². The summed E-state index contributed by atoms with van der Waals surface area (Å²) in [6, 6.07) is -2.34. The third-order valence-electron chi connectivity index (χ3n) is 4.36. The lowest BCUT2D eigenvalue weighted by Gasteiger charge is -2.45. The van der Waals surface area contributed by atoms with Gasteiger partial charge in [0, 0.05) is 18.6 Å². The zero-order valence-corrected chi connectivity index (χ0v) is 12.1. The lowest BCUT2D eigenvalue weighted by atomic mass is 9.84. The number of aliphatic hydroxyl groups excluding tert-OH is 4. The summed E-state index contributed by atoms with van der Waals surface area (Å²) in [6.45, 7) is -0.0441. The second kappa shape index (κ2) is 7.01. The number of aliphatic hydroxyl groups is 4. The summed E-state index contributed by atoms with van der Waals surface area (Å²) in [5, 5.41) is 39.6. The summed E-state index contributed by atoms with van der Waals surface area (Å²) in [7, 11) is 0. The van der Waals surface area contributed by atoms with Crippen LogP contribution in [0.1, 0.15) is 6.42 Å². The van der Waals surface area contributed by atoms with Gasteiger partial charge in [-0.2, -0.15) is 0 Å². The van der Waals surface area contributed by atoms with Gasteiger partial charge in [0.2, 0.25) is 0 Å². The second-order valence-corrected chi connectivity index (χ2v) is 5.98.